The number of carbonyl (C=O) groups is 1. The van der Waals surface area contributed by atoms with Crippen molar-refractivity contribution in [2.45, 2.75) is 38.0 Å². The highest BCUT2D eigenvalue weighted by Crippen LogP contribution is 2.15. The summed E-state index contributed by atoms with van der Waals surface area (Å²) in [4.78, 5) is 18.6. The molecule has 31 heavy (non-hydrogen) atoms. The summed E-state index contributed by atoms with van der Waals surface area (Å²) in [6, 6.07) is 7.52. The molecule has 2 aromatic heterocycles. The smallest absolute Gasteiger partial charge is 0.232 e. The summed E-state index contributed by atoms with van der Waals surface area (Å²) in [5.74, 6) is 1.17. The Bertz CT molecular complexity index is 846. The summed E-state index contributed by atoms with van der Waals surface area (Å²) < 4.78 is 22.8. The van der Waals surface area contributed by atoms with Crippen LogP contribution in [0.25, 0.3) is 0 Å². The fraction of sp³-hybridized carbons (Fsp3) is 0.478. The van der Waals surface area contributed by atoms with Gasteiger partial charge in [0, 0.05) is 36.2 Å². The van der Waals surface area contributed by atoms with E-state index in [0.29, 0.717) is 24.8 Å². The molecule has 1 unspecified atom stereocenters. The van der Waals surface area contributed by atoms with Crippen LogP contribution in [0.5, 0.6) is 5.88 Å². The topological polar surface area (TPSA) is 84.7 Å². The molecule has 2 aromatic rings. The molecule has 0 aromatic carbocycles. The number of nitrogens with one attached hydrogen (secondary N) is 1. The summed E-state index contributed by atoms with van der Waals surface area (Å²) in [6.45, 7) is 3.98. The van der Waals surface area contributed by atoms with Gasteiger partial charge in [-0.15, -0.1) is 0 Å². The molecule has 0 aliphatic carbocycles. The molecule has 7 nitrogen and oxygen atoms in total. The Morgan fingerprint density at radius 2 is 2.06 bits per heavy atom. The van der Waals surface area contributed by atoms with E-state index in [0.717, 1.165) is 19.6 Å². The number of rotatable bonds is 11. The first-order valence-corrected chi connectivity index (χ1v) is 12.3. The first-order chi connectivity index (χ1) is 15.2. The van der Waals surface area contributed by atoms with E-state index in [2.05, 4.69) is 15.2 Å². The van der Waals surface area contributed by atoms with Crippen molar-refractivity contribution in [3.63, 3.8) is 0 Å². The Kier molecular flexibility index (Phi) is 9.79. The first kappa shape index (κ1) is 23.2. The lowest BCUT2D eigenvalue weighted by molar-refractivity contribution is -0.118. The molecule has 8 heteroatoms. The van der Waals surface area contributed by atoms with Crippen LogP contribution < -0.4 is 10.1 Å². The monoisotopic (exact) mass is 445 g/mol. The molecule has 3 rings (SSSR count). The second kappa shape index (κ2) is 13.1. The number of furan rings is 1. The zero-order valence-corrected chi connectivity index (χ0v) is 18.6. The van der Waals surface area contributed by atoms with Crippen molar-refractivity contribution in [1.82, 2.24) is 15.2 Å². The van der Waals surface area contributed by atoms with Crippen LogP contribution in [0.4, 0.5) is 0 Å². The van der Waals surface area contributed by atoms with E-state index >= 15 is 0 Å². The molecule has 1 saturated heterocycles. The molecular weight excluding hydrogens is 414 g/mol. The Morgan fingerprint density at radius 1 is 1.23 bits per heavy atom. The van der Waals surface area contributed by atoms with E-state index in [1.54, 1.807) is 18.3 Å². The lowest BCUT2D eigenvalue weighted by Gasteiger charge is -2.19. The van der Waals surface area contributed by atoms with E-state index in [1.165, 1.54) is 37.5 Å². The number of hydrogen-bond donors (Lipinski definition) is 1. The maximum absolute atomic E-state index is 11.9. The molecule has 0 saturated carbocycles. The van der Waals surface area contributed by atoms with Gasteiger partial charge in [0.05, 0.1) is 12.0 Å². The Hall–Kier alpha value is -2.45. The molecule has 0 bridgehead atoms. The van der Waals surface area contributed by atoms with Crippen LogP contribution in [-0.4, -0.2) is 52.0 Å². The van der Waals surface area contributed by atoms with Crippen LogP contribution in [0, 0.1) is 0 Å². The summed E-state index contributed by atoms with van der Waals surface area (Å²) in [7, 11) is -1.29. The number of aromatic nitrogens is 1. The third-order valence-electron chi connectivity index (χ3n) is 4.99. The second-order valence-corrected chi connectivity index (χ2v) is 9.04. The maximum Gasteiger partial charge on any atom is 0.232 e. The SMILES string of the molecule is O=C(CS(=O)Cc1ccco1)NC/C=C/COc1cc(CN2CCCCCC2)ccn1. The van der Waals surface area contributed by atoms with Gasteiger partial charge in [0.15, 0.2) is 0 Å². The molecule has 1 atom stereocenters. The normalized spacial score (nSPS) is 16.1. The molecule has 168 valence electrons. The van der Waals surface area contributed by atoms with Gasteiger partial charge in [0.1, 0.15) is 18.1 Å². The van der Waals surface area contributed by atoms with Gasteiger partial charge in [0.25, 0.3) is 0 Å². The van der Waals surface area contributed by atoms with Gasteiger partial charge >= 0.3 is 0 Å². The highest BCUT2D eigenvalue weighted by Gasteiger charge is 2.10. The van der Waals surface area contributed by atoms with Gasteiger partial charge in [-0.05, 0) is 55.8 Å². The number of ether oxygens (including phenoxy) is 1. The molecule has 1 aliphatic heterocycles. The van der Waals surface area contributed by atoms with Crippen molar-refractivity contribution in [3.05, 3.63) is 60.2 Å². The van der Waals surface area contributed by atoms with Crippen molar-refractivity contribution in [3.8, 4) is 5.88 Å². The molecule has 0 spiro atoms. The fourth-order valence-electron chi connectivity index (χ4n) is 3.44. The van der Waals surface area contributed by atoms with Crippen LogP contribution in [0.1, 0.15) is 37.0 Å². The Labute approximate surface area is 186 Å². The minimum Gasteiger partial charge on any atom is -0.473 e. The number of likely N-dealkylation sites (tertiary alicyclic amines) is 1. The molecule has 1 N–H and O–H groups in total. The Balaban J connectivity index is 1.31. The van der Waals surface area contributed by atoms with Crippen LogP contribution in [0.15, 0.2) is 53.3 Å². The zero-order chi connectivity index (χ0) is 21.7. The van der Waals surface area contributed by atoms with Crippen LogP contribution in [-0.2, 0) is 27.9 Å². The van der Waals surface area contributed by atoms with Crippen molar-refractivity contribution < 1.29 is 18.2 Å². The van der Waals surface area contributed by atoms with Crippen molar-refractivity contribution in [2.24, 2.45) is 0 Å². The summed E-state index contributed by atoms with van der Waals surface area (Å²) in [5.41, 5.74) is 1.21. The van der Waals surface area contributed by atoms with Crippen LogP contribution in [0.2, 0.25) is 0 Å². The number of pyridine rings is 1. The quantitative estimate of drug-likeness (QED) is 0.535. The average Bonchev–Trinajstić information content (AvgIpc) is 3.12. The molecule has 1 amide bonds. The predicted molar refractivity (Wildman–Crippen MR) is 121 cm³/mol. The molecular formula is C23H31N3O4S. The van der Waals surface area contributed by atoms with E-state index in [-0.39, 0.29) is 17.4 Å². The van der Waals surface area contributed by atoms with Gasteiger partial charge in [-0.3, -0.25) is 13.9 Å². The van der Waals surface area contributed by atoms with Gasteiger partial charge in [-0.2, -0.15) is 0 Å². The molecule has 3 heterocycles. The zero-order valence-electron chi connectivity index (χ0n) is 17.8. The standard InChI is InChI=1S/C23H31N3O4S/c27-22(19-31(28)18-21-8-7-15-29-21)24-10-3-6-14-30-23-16-20(9-11-25-23)17-26-12-4-1-2-5-13-26/h3,6-9,11,15-16H,1-2,4-5,10,12-14,17-19H2,(H,24,27)/b6-3+. The van der Waals surface area contributed by atoms with E-state index in [9.17, 15) is 9.00 Å². The molecule has 1 fully saturated rings. The van der Waals surface area contributed by atoms with Gasteiger partial charge in [-0.1, -0.05) is 18.9 Å². The van der Waals surface area contributed by atoms with Gasteiger partial charge in [-0.25, -0.2) is 4.98 Å². The van der Waals surface area contributed by atoms with Crippen molar-refractivity contribution >= 4 is 16.7 Å². The van der Waals surface area contributed by atoms with Crippen LogP contribution in [0.3, 0.4) is 0 Å². The molecule has 0 radical (unpaired) electrons. The highest BCUT2D eigenvalue weighted by atomic mass is 32.2. The average molecular weight is 446 g/mol. The van der Waals surface area contributed by atoms with Crippen molar-refractivity contribution in [2.75, 3.05) is 32.0 Å². The maximum atomic E-state index is 11.9. The van der Waals surface area contributed by atoms with Crippen LogP contribution >= 0.6 is 0 Å². The number of amides is 1. The lowest BCUT2D eigenvalue weighted by atomic mass is 10.2. The van der Waals surface area contributed by atoms with Gasteiger partial charge < -0.3 is 14.5 Å². The third kappa shape index (κ3) is 9.06. The fourth-order valence-corrected chi connectivity index (χ4v) is 4.42. The second-order valence-electron chi connectivity index (χ2n) is 7.59. The minimum absolute atomic E-state index is 0.0429. The lowest BCUT2D eigenvalue weighted by Crippen LogP contribution is -2.28. The van der Waals surface area contributed by atoms with Crippen molar-refractivity contribution in [1.29, 1.82) is 0 Å². The largest absolute Gasteiger partial charge is 0.473 e. The third-order valence-corrected chi connectivity index (χ3v) is 6.18. The Morgan fingerprint density at radius 3 is 2.84 bits per heavy atom. The number of carbonyl (C=O) groups excluding carboxylic acids is 1. The number of nitrogens with zero attached hydrogens (tertiary/aromatic N) is 2. The molecule has 1 aliphatic rings. The predicted octanol–water partition coefficient (Wildman–Crippen LogP) is 3.05. The van der Waals surface area contributed by atoms with E-state index < -0.39 is 10.8 Å². The summed E-state index contributed by atoms with van der Waals surface area (Å²) in [6.07, 6.45) is 12.2. The summed E-state index contributed by atoms with van der Waals surface area (Å²) in [5, 5.41) is 2.73. The first-order valence-electron chi connectivity index (χ1n) is 10.8. The minimum atomic E-state index is -1.29. The van der Waals surface area contributed by atoms with E-state index in [4.69, 9.17) is 9.15 Å². The highest BCUT2D eigenvalue weighted by molar-refractivity contribution is 7.84. The number of hydrogen-bond acceptors (Lipinski definition) is 6. The van der Waals surface area contributed by atoms with Gasteiger partial charge in [0.2, 0.25) is 11.8 Å². The summed E-state index contributed by atoms with van der Waals surface area (Å²) >= 11 is 0. The van der Waals surface area contributed by atoms with E-state index in [1.807, 2.05) is 24.3 Å².